The van der Waals surface area contributed by atoms with Gasteiger partial charge in [-0.05, 0) is 44.3 Å². The van der Waals surface area contributed by atoms with Crippen LogP contribution in [-0.2, 0) is 9.59 Å². The summed E-state index contributed by atoms with van der Waals surface area (Å²) < 4.78 is 16.4. The Morgan fingerprint density at radius 3 is 2.34 bits per heavy atom. The number of rotatable bonds is 11. The average Bonchev–Trinajstić information content (AvgIpc) is 3.14. The van der Waals surface area contributed by atoms with Crippen molar-refractivity contribution in [3.8, 4) is 17.2 Å². The Balaban J connectivity index is 2.15. The predicted octanol–water partition coefficient (Wildman–Crippen LogP) is 3.87. The molecule has 8 nitrogen and oxygen atoms in total. The molecule has 0 aromatic heterocycles. The van der Waals surface area contributed by atoms with Crippen LogP contribution in [0.25, 0.3) is 5.76 Å². The molecule has 1 amide bonds. The lowest BCUT2D eigenvalue weighted by Crippen LogP contribution is -2.33. The Bertz CT molecular complexity index is 1090. The largest absolute Gasteiger partial charge is 0.507 e. The van der Waals surface area contributed by atoms with Gasteiger partial charge in [0.05, 0.1) is 32.9 Å². The van der Waals surface area contributed by atoms with Gasteiger partial charge in [-0.2, -0.15) is 0 Å². The van der Waals surface area contributed by atoms with Crippen molar-refractivity contribution in [3.05, 3.63) is 59.2 Å². The molecule has 1 N–H and O–H groups in total. The zero-order valence-corrected chi connectivity index (χ0v) is 21.0. The molecule has 0 radical (unpaired) electrons. The van der Waals surface area contributed by atoms with Crippen LogP contribution in [0.2, 0.25) is 0 Å². The average molecular weight is 483 g/mol. The molecule has 188 valence electrons. The number of likely N-dealkylation sites (tertiary alicyclic amines) is 1. The minimum Gasteiger partial charge on any atom is -0.507 e. The van der Waals surface area contributed by atoms with Crippen molar-refractivity contribution in [2.45, 2.75) is 26.3 Å². The van der Waals surface area contributed by atoms with E-state index in [1.165, 1.54) is 26.2 Å². The second kappa shape index (κ2) is 11.8. The van der Waals surface area contributed by atoms with Gasteiger partial charge in [-0.1, -0.05) is 38.1 Å². The third-order valence-corrected chi connectivity index (χ3v) is 6.38. The fraction of sp³-hybridized carbons (Fsp3) is 0.407. The van der Waals surface area contributed by atoms with Crippen LogP contribution in [0, 0.1) is 0 Å². The van der Waals surface area contributed by atoms with Crippen LogP contribution in [0.3, 0.4) is 0 Å². The maximum atomic E-state index is 13.3. The number of carbonyl (C=O) groups is 2. The van der Waals surface area contributed by atoms with Crippen LogP contribution in [0.15, 0.2) is 48.0 Å². The highest BCUT2D eigenvalue weighted by Gasteiger charge is 2.47. The molecular formula is C27H34N2O6. The Labute approximate surface area is 206 Å². The number of methoxy groups -OCH3 is 3. The van der Waals surface area contributed by atoms with E-state index in [2.05, 4.69) is 18.7 Å². The Kier molecular flexibility index (Phi) is 8.76. The topological polar surface area (TPSA) is 88.5 Å². The molecule has 0 bridgehead atoms. The first-order valence-electron chi connectivity index (χ1n) is 11.8. The first-order valence-corrected chi connectivity index (χ1v) is 11.8. The molecule has 2 aromatic rings. The minimum atomic E-state index is -0.831. The molecule has 2 aromatic carbocycles. The summed E-state index contributed by atoms with van der Waals surface area (Å²) in [6.45, 7) is 7.11. The first kappa shape index (κ1) is 26.1. The van der Waals surface area contributed by atoms with E-state index < -0.39 is 17.7 Å². The van der Waals surface area contributed by atoms with Gasteiger partial charge in [0.2, 0.25) is 0 Å². The van der Waals surface area contributed by atoms with E-state index in [0.717, 1.165) is 19.6 Å². The quantitative estimate of drug-likeness (QED) is 0.296. The fourth-order valence-corrected chi connectivity index (χ4v) is 4.49. The number of para-hydroxylation sites is 1. The van der Waals surface area contributed by atoms with Gasteiger partial charge < -0.3 is 29.1 Å². The summed E-state index contributed by atoms with van der Waals surface area (Å²) in [5.41, 5.74) is 0.966. The molecule has 0 saturated carbocycles. The SMILES string of the molecule is CCN(CC)CCCN1C(=O)C(=O)/C(=C(/O)c2cccc(OC)c2)C1c1cccc(OC)c1OC. The number of ether oxygens (including phenoxy) is 3. The number of hydrogen-bond donors (Lipinski definition) is 1. The highest BCUT2D eigenvalue weighted by Crippen LogP contribution is 2.45. The van der Waals surface area contributed by atoms with Crippen molar-refractivity contribution >= 4 is 17.4 Å². The summed E-state index contributed by atoms with van der Waals surface area (Å²) in [5.74, 6) is -0.236. The number of carbonyl (C=O) groups excluding carboxylic acids is 2. The molecule has 1 aliphatic rings. The number of benzene rings is 2. The molecule has 1 atom stereocenters. The van der Waals surface area contributed by atoms with Crippen LogP contribution < -0.4 is 14.2 Å². The van der Waals surface area contributed by atoms with Crippen LogP contribution in [0.5, 0.6) is 17.2 Å². The summed E-state index contributed by atoms with van der Waals surface area (Å²) in [7, 11) is 4.56. The van der Waals surface area contributed by atoms with Gasteiger partial charge in [0.25, 0.3) is 11.7 Å². The van der Waals surface area contributed by atoms with Gasteiger partial charge in [-0.15, -0.1) is 0 Å². The Hall–Kier alpha value is -3.52. The lowest BCUT2D eigenvalue weighted by Gasteiger charge is -2.28. The number of hydrogen-bond acceptors (Lipinski definition) is 7. The van der Waals surface area contributed by atoms with Gasteiger partial charge in [0.15, 0.2) is 11.5 Å². The van der Waals surface area contributed by atoms with Crippen molar-refractivity contribution in [1.29, 1.82) is 0 Å². The monoisotopic (exact) mass is 482 g/mol. The molecule has 0 spiro atoms. The summed E-state index contributed by atoms with van der Waals surface area (Å²) in [6, 6.07) is 11.2. The number of aliphatic hydroxyl groups is 1. The van der Waals surface area contributed by atoms with Crippen molar-refractivity contribution in [2.75, 3.05) is 47.5 Å². The van der Waals surface area contributed by atoms with Gasteiger partial charge >= 0.3 is 0 Å². The number of Topliss-reactive ketones (excluding diaryl/α,β-unsaturated/α-hetero) is 1. The van der Waals surface area contributed by atoms with E-state index in [0.29, 0.717) is 41.3 Å². The molecule has 35 heavy (non-hydrogen) atoms. The van der Waals surface area contributed by atoms with E-state index in [1.807, 2.05) is 0 Å². The molecule has 8 heteroatoms. The Morgan fingerprint density at radius 1 is 1.00 bits per heavy atom. The van der Waals surface area contributed by atoms with E-state index in [9.17, 15) is 14.7 Å². The highest BCUT2D eigenvalue weighted by atomic mass is 16.5. The Morgan fingerprint density at radius 2 is 1.71 bits per heavy atom. The van der Waals surface area contributed by atoms with Gasteiger partial charge in [-0.25, -0.2) is 0 Å². The first-order chi connectivity index (χ1) is 16.9. The normalized spacial score (nSPS) is 17.2. The predicted molar refractivity (Wildman–Crippen MR) is 134 cm³/mol. The van der Waals surface area contributed by atoms with Crippen LogP contribution in [0.1, 0.15) is 37.4 Å². The third-order valence-electron chi connectivity index (χ3n) is 6.38. The third kappa shape index (κ3) is 5.27. The molecule has 1 heterocycles. The van der Waals surface area contributed by atoms with Gasteiger partial charge in [0.1, 0.15) is 11.5 Å². The van der Waals surface area contributed by atoms with Gasteiger partial charge in [0, 0.05) is 17.7 Å². The lowest BCUT2D eigenvalue weighted by atomic mass is 9.94. The molecule has 1 aliphatic heterocycles. The summed E-state index contributed by atoms with van der Waals surface area (Å²) in [4.78, 5) is 30.3. The van der Waals surface area contributed by atoms with Crippen molar-refractivity contribution in [1.82, 2.24) is 9.80 Å². The van der Waals surface area contributed by atoms with E-state index in [1.54, 1.807) is 42.5 Å². The maximum absolute atomic E-state index is 13.3. The second-order valence-electron chi connectivity index (χ2n) is 8.19. The lowest BCUT2D eigenvalue weighted by molar-refractivity contribution is -0.140. The summed E-state index contributed by atoms with van der Waals surface area (Å²) >= 11 is 0. The second-order valence-corrected chi connectivity index (χ2v) is 8.19. The van der Waals surface area contributed by atoms with Crippen LogP contribution in [0.4, 0.5) is 0 Å². The van der Waals surface area contributed by atoms with Crippen molar-refractivity contribution in [3.63, 3.8) is 0 Å². The van der Waals surface area contributed by atoms with E-state index >= 15 is 0 Å². The van der Waals surface area contributed by atoms with Gasteiger partial charge in [-0.3, -0.25) is 9.59 Å². The molecule has 1 saturated heterocycles. The van der Waals surface area contributed by atoms with Crippen molar-refractivity contribution < 1.29 is 28.9 Å². The maximum Gasteiger partial charge on any atom is 0.295 e. The zero-order valence-electron chi connectivity index (χ0n) is 21.0. The molecule has 3 rings (SSSR count). The standard InChI is InChI=1S/C27H34N2O6/c1-6-28(7-2)15-10-16-29-23(20-13-9-14-21(34-4)26(20)35-5)22(25(31)27(29)32)24(30)18-11-8-12-19(17-18)33-3/h8-9,11-14,17,23,30H,6-7,10,15-16H2,1-5H3/b24-22+. The number of aliphatic hydroxyl groups excluding tert-OH is 1. The molecule has 0 aliphatic carbocycles. The van der Waals surface area contributed by atoms with Crippen LogP contribution >= 0.6 is 0 Å². The fourth-order valence-electron chi connectivity index (χ4n) is 4.49. The summed E-state index contributed by atoms with van der Waals surface area (Å²) in [5, 5.41) is 11.3. The number of ketones is 1. The van der Waals surface area contributed by atoms with Crippen molar-refractivity contribution in [2.24, 2.45) is 0 Å². The minimum absolute atomic E-state index is 0.0117. The molecule has 1 fully saturated rings. The molecule has 1 unspecified atom stereocenters. The smallest absolute Gasteiger partial charge is 0.295 e. The summed E-state index contributed by atoms with van der Waals surface area (Å²) in [6.07, 6.45) is 0.677. The highest BCUT2D eigenvalue weighted by molar-refractivity contribution is 6.46. The number of amides is 1. The van der Waals surface area contributed by atoms with E-state index in [4.69, 9.17) is 14.2 Å². The zero-order chi connectivity index (χ0) is 25.5. The van der Waals surface area contributed by atoms with E-state index in [-0.39, 0.29) is 11.3 Å². The number of nitrogens with zero attached hydrogens (tertiary/aromatic N) is 2. The molecular weight excluding hydrogens is 448 g/mol. The van der Waals surface area contributed by atoms with Crippen LogP contribution in [-0.4, -0.2) is 74.1 Å².